The highest BCUT2D eigenvalue weighted by Crippen LogP contribution is 2.21. The second-order valence-electron chi connectivity index (χ2n) is 3.80. The summed E-state index contributed by atoms with van der Waals surface area (Å²) in [6.07, 6.45) is 2.46. The zero-order valence-corrected chi connectivity index (χ0v) is 10.7. The minimum absolute atomic E-state index is 0.0526. The molecule has 3 nitrogen and oxygen atoms in total. The van der Waals surface area contributed by atoms with Gasteiger partial charge in [-0.15, -0.1) is 0 Å². The summed E-state index contributed by atoms with van der Waals surface area (Å²) in [6.45, 7) is 10.5. The Kier molecular flexibility index (Phi) is 6.25. The quantitative estimate of drug-likeness (QED) is 0.651. The number of likely N-dealkylation sites (N-methyl/N-ethyl adjacent to an activating group) is 1. The molecule has 0 aromatic rings. The van der Waals surface area contributed by atoms with Gasteiger partial charge >= 0.3 is 0 Å². The Morgan fingerprint density at radius 2 is 2.00 bits per heavy atom. The zero-order valence-electron chi connectivity index (χ0n) is 10.7. The van der Waals surface area contributed by atoms with E-state index in [4.69, 9.17) is 0 Å². The number of carbonyl (C=O) groups excluding carboxylic acids is 1. The number of hydrogen-bond acceptors (Lipinski definition) is 2. The maximum atomic E-state index is 11.4. The summed E-state index contributed by atoms with van der Waals surface area (Å²) in [7, 11) is 4.12. The van der Waals surface area contributed by atoms with Crippen LogP contribution in [0.3, 0.4) is 0 Å². The molecule has 1 fully saturated rings. The van der Waals surface area contributed by atoms with E-state index in [1.54, 1.807) is 0 Å². The first kappa shape index (κ1) is 14.2. The third-order valence-electron chi connectivity index (χ3n) is 2.84. The second kappa shape index (κ2) is 6.62. The van der Waals surface area contributed by atoms with Crippen molar-refractivity contribution in [2.75, 3.05) is 20.6 Å². The lowest BCUT2D eigenvalue weighted by Gasteiger charge is -2.27. The summed E-state index contributed by atoms with van der Waals surface area (Å²) < 4.78 is 0. The van der Waals surface area contributed by atoms with E-state index in [9.17, 15) is 4.79 Å². The zero-order chi connectivity index (χ0) is 12.0. The van der Waals surface area contributed by atoms with E-state index in [0.717, 1.165) is 13.0 Å². The van der Waals surface area contributed by atoms with Gasteiger partial charge in [0, 0.05) is 18.6 Å². The molecular weight excluding hydrogens is 188 g/mol. The standard InChI is InChI=1S/C10H18N2O.C2H6/c1-5-10(13)12-7-6-9(8(12)2)11(3)4;1-2/h5,8-9H,1,6-7H2,2-4H3;1-2H3. The van der Waals surface area contributed by atoms with Crippen LogP contribution in [0.25, 0.3) is 0 Å². The third-order valence-corrected chi connectivity index (χ3v) is 2.84. The fourth-order valence-electron chi connectivity index (χ4n) is 2.04. The van der Waals surface area contributed by atoms with Crippen molar-refractivity contribution < 1.29 is 4.79 Å². The van der Waals surface area contributed by atoms with Crippen molar-refractivity contribution in [3.05, 3.63) is 12.7 Å². The third kappa shape index (κ3) is 3.34. The number of carbonyl (C=O) groups is 1. The topological polar surface area (TPSA) is 23.6 Å². The number of rotatable bonds is 2. The van der Waals surface area contributed by atoms with E-state index in [2.05, 4.69) is 32.5 Å². The summed E-state index contributed by atoms with van der Waals surface area (Å²) in [5.41, 5.74) is 0. The van der Waals surface area contributed by atoms with Gasteiger partial charge in [-0.3, -0.25) is 4.79 Å². The van der Waals surface area contributed by atoms with Crippen LogP contribution in [-0.2, 0) is 4.79 Å². The fraction of sp³-hybridized carbons (Fsp3) is 0.750. The van der Waals surface area contributed by atoms with Crippen molar-refractivity contribution in [1.29, 1.82) is 0 Å². The molecule has 88 valence electrons. The van der Waals surface area contributed by atoms with E-state index in [1.165, 1.54) is 6.08 Å². The van der Waals surface area contributed by atoms with Crippen LogP contribution in [0, 0.1) is 0 Å². The highest BCUT2D eigenvalue weighted by molar-refractivity contribution is 5.87. The maximum Gasteiger partial charge on any atom is 0.246 e. The van der Waals surface area contributed by atoms with Crippen LogP contribution >= 0.6 is 0 Å². The van der Waals surface area contributed by atoms with Crippen molar-refractivity contribution in [2.24, 2.45) is 0 Å². The van der Waals surface area contributed by atoms with Crippen LogP contribution in [0.4, 0.5) is 0 Å². The van der Waals surface area contributed by atoms with Gasteiger partial charge in [0.2, 0.25) is 5.91 Å². The van der Waals surface area contributed by atoms with Gasteiger partial charge in [0.05, 0.1) is 0 Å². The van der Waals surface area contributed by atoms with Crippen LogP contribution in [0.15, 0.2) is 12.7 Å². The lowest BCUT2D eigenvalue weighted by molar-refractivity contribution is -0.126. The fourth-order valence-corrected chi connectivity index (χ4v) is 2.04. The molecule has 1 aliphatic heterocycles. The van der Waals surface area contributed by atoms with Gasteiger partial charge < -0.3 is 9.80 Å². The molecule has 15 heavy (non-hydrogen) atoms. The van der Waals surface area contributed by atoms with Crippen LogP contribution in [0.1, 0.15) is 27.2 Å². The van der Waals surface area contributed by atoms with E-state index in [-0.39, 0.29) is 5.91 Å². The Balaban J connectivity index is 0.000000921. The Labute approximate surface area is 93.7 Å². The predicted molar refractivity (Wildman–Crippen MR) is 64.8 cm³/mol. The molecule has 1 amide bonds. The summed E-state index contributed by atoms with van der Waals surface area (Å²) in [6, 6.07) is 0.796. The SMILES string of the molecule is C=CC(=O)N1CCC(N(C)C)C1C.CC. The Bertz CT molecular complexity index is 214. The average molecular weight is 212 g/mol. The van der Waals surface area contributed by atoms with Gasteiger partial charge in [0.25, 0.3) is 0 Å². The molecule has 0 bridgehead atoms. The average Bonchev–Trinajstić information content (AvgIpc) is 2.62. The molecule has 1 rings (SSSR count). The number of amides is 1. The summed E-state index contributed by atoms with van der Waals surface area (Å²) >= 11 is 0. The van der Waals surface area contributed by atoms with Crippen molar-refractivity contribution in [2.45, 2.75) is 39.3 Å². The molecule has 1 aliphatic rings. The first-order valence-corrected chi connectivity index (χ1v) is 5.67. The molecule has 3 heteroatoms. The van der Waals surface area contributed by atoms with Crippen molar-refractivity contribution in [3.8, 4) is 0 Å². The molecule has 1 saturated heterocycles. The molecule has 2 atom stereocenters. The van der Waals surface area contributed by atoms with Crippen LogP contribution in [-0.4, -0.2) is 48.4 Å². The molecule has 0 N–H and O–H groups in total. The normalized spacial score (nSPS) is 24.8. The lowest BCUT2D eigenvalue weighted by Crippen LogP contribution is -2.41. The number of hydrogen-bond donors (Lipinski definition) is 0. The van der Waals surface area contributed by atoms with E-state index >= 15 is 0 Å². The summed E-state index contributed by atoms with van der Waals surface area (Å²) in [5, 5.41) is 0. The second-order valence-corrected chi connectivity index (χ2v) is 3.80. The molecule has 0 aromatic heterocycles. The molecule has 0 radical (unpaired) electrons. The van der Waals surface area contributed by atoms with Crippen molar-refractivity contribution >= 4 is 5.91 Å². The van der Waals surface area contributed by atoms with Gasteiger partial charge in [0.1, 0.15) is 0 Å². The van der Waals surface area contributed by atoms with Crippen LogP contribution < -0.4 is 0 Å². The number of likely N-dealkylation sites (tertiary alicyclic amines) is 1. The smallest absolute Gasteiger partial charge is 0.246 e. The van der Waals surface area contributed by atoms with Crippen LogP contribution in [0.5, 0.6) is 0 Å². The van der Waals surface area contributed by atoms with Gasteiger partial charge in [-0.1, -0.05) is 20.4 Å². The molecule has 0 spiro atoms. The first-order valence-electron chi connectivity index (χ1n) is 5.67. The Morgan fingerprint density at radius 3 is 2.33 bits per heavy atom. The summed E-state index contributed by atoms with van der Waals surface area (Å²) in [5.74, 6) is 0.0526. The van der Waals surface area contributed by atoms with Crippen LogP contribution in [0.2, 0.25) is 0 Å². The lowest BCUT2D eigenvalue weighted by atomic mass is 10.1. The first-order chi connectivity index (χ1) is 7.07. The highest BCUT2D eigenvalue weighted by Gasteiger charge is 2.33. The van der Waals surface area contributed by atoms with E-state index in [1.807, 2.05) is 18.7 Å². The Hall–Kier alpha value is -0.830. The largest absolute Gasteiger partial charge is 0.335 e. The van der Waals surface area contributed by atoms with Gasteiger partial charge in [0.15, 0.2) is 0 Å². The maximum absolute atomic E-state index is 11.4. The van der Waals surface area contributed by atoms with Gasteiger partial charge in [-0.05, 0) is 33.5 Å². The van der Waals surface area contributed by atoms with Gasteiger partial charge in [-0.2, -0.15) is 0 Å². The molecular formula is C12H24N2O. The molecule has 0 saturated carbocycles. The highest BCUT2D eigenvalue weighted by atomic mass is 16.2. The summed E-state index contributed by atoms with van der Waals surface area (Å²) in [4.78, 5) is 15.5. The molecule has 1 heterocycles. The Morgan fingerprint density at radius 1 is 1.47 bits per heavy atom. The van der Waals surface area contributed by atoms with E-state index < -0.39 is 0 Å². The molecule has 0 aromatic carbocycles. The van der Waals surface area contributed by atoms with E-state index in [0.29, 0.717) is 12.1 Å². The predicted octanol–water partition coefficient (Wildman–Crippen LogP) is 1.75. The molecule has 0 aliphatic carbocycles. The number of nitrogens with zero attached hydrogens (tertiary/aromatic N) is 2. The van der Waals surface area contributed by atoms with Crippen molar-refractivity contribution in [1.82, 2.24) is 9.80 Å². The monoisotopic (exact) mass is 212 g/mol. The minimum Gasteiger partial charge on any atom is -0.335 e. The van der Waals surface area contributed by atoms with Crippen molar-refractivity contribution in [3.63, 3.8) is 0 Å². The van der Waals surface area contributed by atoms with Gasteiger partial charge in [-0.25, -0.2) is 0 Å². The minimum atomic E-state index is 0.0526. The molecule has 2 unspecified atom stereocenters.